The molecule has 0 spiro atoms. The highest BCUT2D eigenvalue weighted by atomic mass is 28.3. The van der Waals surface area contributed by atoms with Gasteiger partial charge in [0.15, 0.2) is 0 Å². The summed E-state index contributed by atoms with van der Waals surface area (Å²) in [4.78, 5) is 0. The summed E-state index contributed by atoms with van der Waals surface area (Å²) < 4.78 is 0. The van der Waals surface area contributed by atoms with E-state index in [1.165, 1.54) is 57.4 Å². The maximum Gasteiger partial charge on any atom is 0.0744 e. The second-order valence-corrected chi connectivity index (χ2v) is 11.1. The van der Waals surface area contributed by atoms with Crippen molar-refractivity contribution in [3.05, 3.63) is 54.6 Å². The van der Waals surface area contributed by atoms with Crippen LogP contribution in [0, 0.1) is 11.8 Å². The van der Waals surface area contributed by atoms with E-state index in [-0.39, 0.29) is 0 Å². The molecule has 0 heterocycles. The van der Waals surface area contributed by atoms with Gasteiger partial charge < -0.3 is 0 Å². The summed E-state index contributed by atoms with van der Waals surface area (Å²) >= 11 is 0. The Labute approximate surface area is 150 Å². The molecule has 0 saturated heterocycles. The van der Waals surface area contributed by atoms with E-state index in [0.29, 0.717) is 0 Å². The van der Waals surface area contributed by atoms with Gasteiger partial charge in [-0.2, -0.15) is 0 Å². The highest BCUT2D eigenvalue weighted by molar-refractivity contribution is 6.74. The van der Waals surface area contributed by atoms with Gasteiger partial charge in [0.05, 0.1) is 8.80 Å². The van der Waals surface area contributed by atoms with Gasteiger partial charge in [0.25, 0.3) is 0 Å². The van der Waals surface area contributed by atoms with Gasteiger partial charge in [0.1, 0.15) is 0 Å². The highest BCUT2D eigenvalue weighted by Crippen LogP contribution is 2.46. The topological polar surface area (TPSA) is 0 Å². The number of unbranched alkanes of at least 4 members (excludes halogenated alkanes) is 5. The Morgan fingerprint density at radius 2 is 1.62 bits per heavy atom. The van der Waals surface area contributed by atoms with Crippen molar-refractivity contribution in [3.63, 3.8) is 0 Å². The number of hydrogen-bond acceptors (Lipinski definition) is 0. The molecule has 0 aromatic heterocycles. The van der Waals surface area contributed by atoms with Crippen molar-refractivity contribution in [1.29, 1.82) is 0 Å². The lowest BCUT2D eigenvalue weighted by Gasteiger charge is -2.29. The molecule has 0 N–H and O–H groups in total. The Morgan fingerprint density at radius 1 is 0.875 bits per heavy atom. The first-order valence-corrected chi connectivity index (χ1v) is 12.4. The molecule has 24 heavy (non-hydrogen) atoms. The standard InChI is InChI=1S/C23H34Si/c1-2-3-4-5-6-12-19-24(21-14-8-7-9-15-21)23-18-17-20-13-10-11-16-22(20)23/h7-11,13-16,20,22-24H,2-6,12,17-19H2,1H3. The van der Waals surface area contributed by atoms with Crippen molar-refractivity contribution < 1.29 is 0 Å². The third-order valence-corrected chi connectivity index (χ3v) is 10.3. The molecule has 4 atom stereocenters. The van der Waals surface area contributed by atoms with E-state index in [9.17, 15) is 0 Å². The highest BCUT2D eigenvalue weighted by Gasteiger charge is 2.39. The van der Waals surface area contributed by atoms with Crippen LogP contribution in [0.1, 0.15) is 58.3 Å². The third kappa shape index (κ3) is 4.50. The van der Waals surface area contributed by atoms with Crippen molar-refractivity contribution in [2.45, 2.75) is 69.9 Å². The number of rotatable bonds is 9. The van der Waals surface area contributed by atoms with Crippen molar-refractivity contribution in [2.24, 2.45) is 11.8 Å². The molecule has 4 unspecified atom stereocenters. The Balaban J connectivity index is 1.62. The van der Waals surface area contributed by atoms with Crippen molar-refractivity contribution in [3.8, 4) is 0 Å². The lowest BCUT2D eigenvalue weighted by Crippen LogP contribution is -2.37. The molecular formula is C23H34Si. The quantitative estimate of drug-likeness (QED) is 0.382. The van der Waals surface area contributed by atoms with Crippen LogP contribution >= 0.6 is 0 Å². The fraction of sp³-hybridized carbons (Fsp3) is 0.565. The molecule has 0 bridgehead atoms. The minimum absolute atomic E-state index is 0.836. The lowest BCUT2D eigenvalue weighted by molar-refractivity contribution is 0.546. The Morgan fingerprint density at radius 3 is 2.46 bits per heavy atom. The normalized spacial score (nSPS) is 26.5. The predicted octanol–water partition coefficient (Wildman–Crippen LogP) is 6.00. The summed E-state index contributed by atoms with van der Waals surface area (Å²) in [7, 11) is -0.883. The maximum absolute atomic E-state index is 2.53. The predicted molar refractivity (Wildman–Crippen MR) is 110 cm³/mol. The van der Waals surface area contributed by atoms with Gasteiger partial charge in [-0.1, -0.05) is 118 Å². The fourth-order valence-electron chi connectivity index (χ4n) is 4.94. The van der Waals surface area contributed by atoms with E-state index >= 15 is 0 Å². The average Bonchev–Trinajstić information content (AvgIpc) is 3.06. The van der Waals surface area contributed by atoms with Crippen LogP contribution in [-0.2, 0) is 0 Å². The zero-order chi connectivity index (χ0) is 16.6. The minimum atomic E-state index is -0.883. The van der Waals surface area contributed by atoms with E-state index in [2.05, 4.69) is 61.6 Å². The molecule has 1 aromatic rings. The largest absolute Gasteiger partial charge is 0.0808 e. The van der Waals surface area contributed by atoms with Gasteiger partial charge in [-0.05, 0) is 23.8 Å². The van der Waals surface area contributed by atoms with Crippen molar-refractivity contribution in [1.82, 2.24) is 0 Å². The van der Waals surface area contributed by atoms with Gasteiger partial charge in [0.2, 0.25) is 0 Å². The molecule has 0 radical (unpaired) electrons. The van der Waals surface area contributed by atoms with Crippen molar-refractivity contribution in [2.75, 3.05) is 0 Å². The van der Waals surface area contributed by atoms with Crippen LogP contribution in [0.4, 0.5) is 0 Å². The summed E-state index contributed by atoms with van der Waals surface area (Å²) in [6.07, 6.45) is 21.0. The molecule has 1 fully saturated rings. The van der Waals surface area contributed by atoms with Crippen LogP contribution in [0.25, 0.3) is 0 Å². The molecule has 0 aliphatic heterocycles. The zero-order valence-corrected chi connectivity index (χ0v) is 16.5. The van der Waals surface area contributed by atoms with Gasteiger partial charge in [-0.25, -0.2) is 0 Å². The fourth-order valence-corrected chi connectivity index (χ4v) is 9.18. The first kappa shape index (κ1) is 17.7. The summed E-state index contributed by atoms with van der Waals surface area (Å²) in [5, 5.41) is 1.72. The molecule has 1 aromatic carbocycles. The van der Waals surface area contributed by atoms with Crippen molar-refractivity contribution >= 4 is 14.0 Å². The number of hydrogen-bond donors (Lipinski definition) is 0. The van der Waals surface area contributed by atoms with E-state index < -0.39 is 8.80 Å². The second kappa shape index (κ2) is 9.41. The molecule has 2 aliphatic rings. The van der Waals surface area contributed by atoms with E-state index in [1.807, 2.05) is 0 Å². The van der Waals surface area contributed by atoms with Gasteiger partial charge in [0, 0.05) is 0 Å². The summed E-state index contributed by atoms with van der Waals surface area (Å²) in [5.74, 6) is 1.68. The molecular weight excluding hydrogens is 304 g/mol. The van der Waals surface area contributed by atoms with Crippen LogP contribution in [0.15, 0.2) is 54.6 Å². The van der Waals surface area contributed by atoms with Crippen LogP contribution in [0.3, 0.4) is 0 Å². The van der Waals surface area contributed by atoms with Gasteiger partial charge in [-0.3, -0.25) is 0 Å². The first-order valence-electron chi connectivity index (χ1n) is 10.3. The summed E-state index contributed by atoms with van der Waals surface area (Å²) in [6, 6.07) is 13.1. The molecule has 130 valence electrons. The van der Waals surface area contributed by atoms with Gasteiger partial charge in [-0.15, -0.1) is 0 Å². The Kier molecular flexibility index (Phi) is 6.95. The number of allylic oxidation sites excluding steroid dienone is 4. The molecule has 1 saturated carbocycles. The average molecular weight is 339 g/mol. The summed E-state index contributed by atoms with van der Waals surface area (Å²) in [5.41, 5.74) is 0.981. The first-order chi connectivity index (χ1) is 11.9. The molecule has 3 rings (SSSR count). The van der Waals surface area contributed by atoms with Gasteiger partial charge >= 0.3 is 0 Å². The van der Waals surface area contributed by atoms with E-state index in [0.717, 1.165) is 17.4 Å². The SMILES string of the molecule is CCCCCCCC[SiH](c1ccccc1)C1CCC2C=CC=CC21. The minimum Gasteiger partial charge on any atom is -0.0808 e. The monoisotopic (exact) mass is 338 g/mol. The third-order valence-electron chi connectivity index (χ3n) is 6.24. The van der Waals surface area contributed by atoms with Crippen LogP contribution in [0.5, 0.6) is 0 Å². The smallest absolute Gasteiger partial charge is 0.0744 e. The van der Waals surface area contributed by atoms with Crippen LogP contribution < -0.4 is 5.19 Å². The van der Waals surface area contributed by atoms with E-state index in [4.69, 9.17) is 0 Å². The Hall–Kier alpha value is -1.08. The van der Waals surface area contributed by atoms with E-state index in [1.54, 1.807) is 5.19 Å². The Bertz CT molecular complexity index is 530. The molecule has 0 amide bonds. The van der Waals surface area contributed by atoms with Crippen LogP contribution in [-0.4, -0.2) is 8.80 Å². The molecule has 1 heteroatoms. The molecule has 2 aliphatic carbocycles. The number of benzene rings is 1. The molecule has 0 nitrogen and oxygen atoms in total. The zero-order valence-electron chi connectivity index (χ0n) is 15.4. The lowest BCUT2D eigenvalue weighted by atomic mass is 9.92. The number of fused-ring (bicyclic) bond motifs is 1. The summed E-state index contributed by atoms with van der Waals surface area (Å²) in [6.45, 7) is 2.31. The maximum atomic E-state index is 2.53. The second-order valence-electron chi connectivity index (χ2n) is 7.83. The van der Waals surface area contributed by atoms with Crippen LogP contribution in [0.2, 0.25) is 11.6 Å².